The SMILES string of the molecule is Cc1cc(S(=O)(=O)NCCCCCCCCN)ccc1O[C@H]1c2cc(Cl)cc(Cl)c2C[C@@H]1N1CCC[C@@H](NC(=O)OC(C)(C)C)C1. The number of nitrogens with one attached hydrogen (secondary N) is 2. The van der Waals surface area contributed by atoms with Crippen molar-refractivity contribution in [3.8, 4) is 5.75 Å². The fraction of sp³-hybridized carbons (Fsp3) is 0.618. The number of benzene rings is 2. The second-order valence-electron chi connectivity index (χ2n) is 13.5. The van der Waals surface area contributed by atoms with Gasteiger partial charge < -0.3 is 20.5 Å². The van der Waals surface area contributed by atoms with E-state index < -0.39 is 27.8 Å². The molecule has 1 fully saturated rings. The Balaban J connectivity index is 1.46. The normalized spacial score (nSPS) is 20.4. The van der Waals surface area contributed by atoms with Crippen molar-refractivity contribution in [2.75, 3.05) is 26.2 Å². The molecule has 1 heterocycles. The summed E-state index contributed by atoms with van der Waals surface area (Å²) >= 11 is 13.2. The number of aryl methyl sites for hydroxylation is 1. The van der Waals surface area contributed by atoms with Crippen molar-refractivity contribution in [1.29, 1.82) is 0 Å². The highest BCUT2D eigenvalue weighted by atomic mass is 35.5. The highest BCUT2D eigenvalue weighted by Crippen LogP contribution is 2.43. The van der Waals surface area contributed by atoms with Crippen LogP contribution in [0.3, 0.4) is 0 Å². The molecular formula is C34H50Cl2N4O5S. The van der Waals surface area contributed by atoms with Crippen LogP contribution < -0.4 is 20.5 Å². The minimum absolute atomic E-state index is 0.0611. The Labute approximate surface area is 284 Å². The molecular weight excluding hydrogens is 647 g/mol. The van der Waals surface area contributed by atoms with Gasteiger partial charge in [0.25, 0.3) is 0 Å². The number of rotatable bonds is 14. The summed E-state index contributed by atoms with van der Waals surface area (Å²) in [5.41, 5.74) is 7.59. The van der Waals surface area contributed by atoms with Crippen LogP contribution in [0.2, 0.25) is 10.0 Å². The number of likely N-dealkylation sites (tertiary alicyclic amines) is 1. The molecule has 2 aromatic rings. The van der Waals surface area contributed by atoms with Gasteiger partial charge in [0.2, 0.25) is 10.0 Å². The number of ether oxygens (including phenoxy) is 2. The summed E-state index contributed by atoms with van der Waals surface area (Å²) in [5, 5.41) is 4.16. The van der Waals surface area contributed by atoms with Gasteiger partial charge in [0, 0.05) is 34.7 Å². The molecule has 2 aliphatic rings. The van der Waals surface area contributed by atoms with E-state index in [9.17, 15) is 13.2 Å². The molecule has 0 radical (unpaired) electrons. The zero-order valence-electron chi connectivity index (χ0n) is 27.5. The average molecular weight is 698 g/mol. The van der Waals surface area contributed by atoms with Crippen LogP contribution in [0.25, 0.3) is 0 Å². The molecule has 46 heavy (non-hydrogen) atoms. The number of alkyl carbamates (subject to hydrolysis) is 1. The van der Waals surface area contributed by atoms with Crippen molar-refractivity contribution in [2.24, 2.45) is 5.73 Å². The Bertz CT molecular complexity index is 1450. The number of sulfonamides is 1. The van der Waals surface area contributed by atoms with Crippen LogP contribution in [0.4, 0.5) is 4.79 Å². The van der Waals surface area contributed by atoms with Crippen LogP contribution in [0.1, 0.15) is 94.9 Å². The van der Waals surface area contributed by atoms with Gasteiger partial charge in [-0.05, 0) is 114 Å². The van der Waals surface area contributed by atoms with Crippen LogP contribution in [0.15, 0.2) is 35.2 Å². The van der Waals surface area contributed by atoms with E-state index in [0.29, 0.717) is 47.4 Å². The van der Waals surface area contributed by atoms with Crippen molar-refractivity contribution >= 4 is 39.3 Å². The quantitative estimate of drug-likeness (QED) is 0.183. The predicted molar refractivity (Wildman–Crippen MR) is 184 cm³/mol. The highest BCUT2D eigenvalue weighted by Gasteiger charge is 2.41. The third-order valence-corrected chi connectivity index (χ3v) is 10.6. The first-order valence-corrected chi connectivity index (χ1v) is 18.7. The fourth-order valence-electron chi connectivity index (χ4n) is 6.30. The van der Waals surface area contributed by atoms with Crippen LogP contribution in [-0.2, 0) is 21.2 Å². The molecule has 1 aliphatic heterocycles. The smallest absolute Gasteiger partial charge is 0.407 e. The van der Waals surface area contributed by atoms with Gasteiger partial charge in [-0.3, -0.25) is 4.90 Å². The molecule has 0 bridgehead atoms. The maximum Gasteiger partial charge on any atom is 0.407 e. The molecule has 0 spiro atoms. The largest absolute Gasteiger partial charge is 0.484 e. The number of nitrogens with two attached hydrogens (primary N) is 1. The summed E-state index contributed by atoms with van der Waals surface area (Å²) < 4.78 is 41.1. The predicted octanol–water partition coefficient (Wildman–Crippen LogP) is 6.91. The van der Waals surface area contributed by atoms with Crippen molar-refractivity contribution in [1.82, 2.24) is 14.9 Å². The summed E-state index contributed by atoms with van der Waals surface area (Å²) in [7, 11) is -3.65. The zero-order chi connectivity index (χ0) is 33.5. The van der Waals surface area contributed by atoms with Crippen molar-refractivity contribution in [3.05, 3.63) is 57.1 Å². The van der Waals surface area contributed by atoms with Crippen molar-refractivity contribution < 1.29 is 22.7 Å². The number of halogens is 2. The average Bonchev–Trinajstić information content (AvgIpc) is 3.33. The van der Waals surface area contributed by atoms with Crippen LogP contribution in [0.5, 0.6) is 5.75 Å². The number of amides is 1. The summed E-state index contributed by atoms with van der Waals surface area (Å²) in [4.78, 5) is 15.1. The topological polar surface area (TPSA) is 123 Å². The van der Waals surface area contributed by atoms with E-state index in [0.717, 1.165) is 69.0 Å². The van der Waals surface area contributed by atoms with E-state index in [2.05, 4.69) is 14.9 Å². The van der Waals surface area contributed by atoms with E-state index >= 15 is 0 Å². The lowest BCUT2D eigenvalue weighted by molar-refractivity contribution is 0.0360. The third-order valence-electron chi connectivity index (χ3n) is 8.54. The van der Waals surface area contributed by atoms with Gasteiger partial charge in [-0.2, -0.15) is 0 Å². The first kappa shape index (κ1) is 36.8. The molecule has 0 saturated carbocycles. The van der Waals surface area contributed by atoms with E-state index in [1.54, 1.807) is 24.3 Å². The maximum atomic E-state index is 13.1. The summed E-state index contributed by atoms with van der Waals surface area (Å²) in [6, 6.07) is 8.51. The Morgan fingerprint density at radius 2 is 1.78 bits per heavy atom. The first-order chi connectivity index (χ1) is 21.8. The van der Waals surface area contributed by atoms with Gasteiger partial charge in [0.05, 0.1) is 10.9 Å². The number of fused-ring (bicyclic) bond motifs is 1. The van der Waals surface area contributed by atoms with Gasteiger partial charge in [0.15, 0.2) is 0 Å². The van der Waals surface area contributed by atoms with E-state index in [-0.39, 0.29) is 17.0 Å². The molecule has 1 amide bonds. The van der Waals surface area contributed by atoms with Crippen LogP contribution in [-0.4, -0.2) is 63.3 Å². The molecule has 0 aromatic heterocycles. The summed E-state index contributed by atoms with van der Waals surface area (Å²) in [6.45, 7) is 9.99. The molecule has 1 saturated heterocycles. The molecule has 0 unspecified atom stereocenters. The maximum absolute atomic E-state index is 13.1. The van der Waals surface area contributed by atoms with Gasteiger partial charge in [0.1, 0.15) is 17.5 Å². The molecule has 1 aliphatic carbocycles. The van der Waals surface area contributed by atoms with E-state index in [1.807, 2.05) is 33.8 Å². The number of hydrogen-bond donors (Lipinski definition) is 3. The van der Waals surface area contributed by atoms with E-state index in [4.69, 9.17) is 38.4 Å². The number of unbranched alkanes of at least 4 members (excludes halogenated alkanes) is 5. The number of carbonyl (C=O) groups is 1. The molecule has 256 valence electrons. The minimum atomic E-state index is -3.65. The number of nitrogens with zero attached hydrogens (tertiary/aromatic N) is 1. The Hall–Kier alpha value is -2.08. The molecule has 9 nitrogen and oxygen atoms in total. The Morgan fingerprint density at radius 3 is 2.48 bits per heavy atom. The zero-order valence-corrected chi connectivity index (χ0v) is 29.9. The number of carbonyl (C=O) groups excluding carboxylic acids is 1. The van der Waals surface area contributed by atoms with Crippen molar-refractivity contribution in [2.45, 2.75) is 114 Å². The molecule has 2 aromatic carbocycles. The lowest BCUT2D eigenvalue weighted by Gasteiger charge is -2.39. The summed E-state index contributed by atoms with van der Waals surface area (Å²) in [5.74, 6) is 0.593. The van der Waals surface area contributed by atoms with Gasteiger partial charge in [-0.1, -0.05) is 48.9 Å². The molecule has 12 heteroatoms. The van der Waals surface area contributed by atoms with Gasteiger partial charge in [-0.25, -0.2) is 17.9 Å². The second-order valence-corrected chi connectivity index (χ2v) is 16.1. The highest BCUT2D eigenvalue weighted by molar-refractivity contribution is 7.89. The van der Waals surface area contributed by atoms with Gasteiger partial charge in [-0.15, -0.1) is 0 Å². The molecule has 4 N–H and O–H groups in total. The van der Waals surface area contributed by atoms with Crippen LogP contribution in [0, 0.1) is 6.92 Å². The second kappa shape index (κ2) is 16.3. The lowest BCUT2D eigenvalue weighted by atomic mass is 10.0. The minimum Gasteiger partial charge on any atom is -0.484 e. The third kappa shape index (κ3) is 10.2. The van der Waals surface area contributed by atoms with Crippen LogP contribution >= 0.6 is 23.2 Å². The number of hydrogen-bond acceptors (Lipinski definition) is 7. The fourth-order valence-corrected chi connectivity index (χ4v) is 8.05. The van der Waals surface area contributed by atoms with Crippen molar-refractivity contribution in [3.63, 3.8) is 0 Å². The molecule has 3 atom stereocenters. The first-order valence-electron chi connectivity index (χ1n) is 16.5. The Kier molecular flexibility index (Phi) is 13.1. The molecule has 4 rings (SSSR count). The van der Waals surface area contributed by atoms with Gasteiger partial charge >= 0.3 is 6.09 Å². The monoisotopic (exact) mass is 696 g/mol. The standard InChI is InChI=1S/C34H50Cl2N4O5S/c1-23-18-26(46(42,43)38-16-10-8-6-5-7-9-15-37)13-14-31(23)44-32-28-19-24(35)20-29(36)27(28)21-30(32)40-17-11-12-25(22-40)39-33(41)45-34(2,3)4/h13-14,18-20,25,30,32,38H,5-12,15-17,21-22,37H2,1-4H3,(H,39,41)/t25-,30+,32+/m1/s1. The number of piperidine rings is 1. The lowest BCUT2D eigenvalue weighted by Crippen LogP contribution is -2.53. The summed E-state index contributed by atoms with van der Waals surface area (Å²) in [6.07, 6.45) is 7.73. The Morgan fingerprint density at radius 1 is 1.07 bits per heavy atom. The van der Waals surface area contributed by atoms with E-state index in [1.165, 1.54) is 0 Å².